The quantitative estimate of drug-likeness (QED) is 0.724. The maximum Gasteiger partial charge on any atom is 0.310 e. The van der Waals surface area contributed by atoms with Gasteiger partial charge in [-0.25, -0.2) is 0 Å². The number of ether oxygens (including phenoxy) is 1. The van der Waals surface area contributed by atoms with Crippen molar-refractivity contribution in [2.24, 2.45) is 5.92 Å². The molecule has 0 aliphatic carbocycles. The number of halogens is 1. The van der Waals surface area contributed by atoms with Crippen LogP contribution in [0.1, 0.15) is 27.7 Å². The zero-order valence-corrected chi connectivity index (χ0v) is 14.9. The molecule has 5 nitrogen and oxygen atoms in total. The highest BCUT2D eigenvalue weighted by molar-refractivity contribution is 9.10. The predicted molar refractivity (Wildman–Crippen MR) is 90.6 cm³/mol. The van der Waals surface area contributed by atoms with Gasteiger partial charge in [-0.15, -0.1) is 0 Å². The van der Waals surface area contributed by atoms with E-state index in [1.54, 1.807) is 20.8 Å². The normalized spacial score (nSPS) is 14.8. The van der Waals surface area contributed by atoms with E-state index < -0.39 is 6.04 Å². The van der Waals surface area contributed by atoms with Gasteiger partial charge < -0.3 is 15.4 Å². The molecule has 3 unspecified atom stereocenters. The first-order chi connectivity index (χ1) is 10.3. The molecule has 1 amide bonds. The summed E-state index contributed by atoms with van der Waals surface area (Å²) in [5, 5.41) is 5.96. The molecule has 3 atom stereocenters. The molecule has 0 spiro atoms. The Kier molecular flexibility index (Phi) is 7.55. The number of hydrogen-bond acceptors (Lipinski definition) is 4. The first kappa shape index (κ1) is 18.6. The van der Waals surface area contributed by atoms with Crippen LogP contribution >= 0.6 is 15.9 Å². The maximum atomic E-state index is 12.1. The number of benzene rings is 1. The monoisotopic (exact) mass is 370 g/mol. The summed E-state index contributed by atoms with van der Waals surface area (Å²) < 4.78 is 5.94. The summed E-state index contributed by atoms with van der Waals surface area (Å²) in [4.78, 5) is 23.8. The predicted octanol–water partition coefficient (Wildman–Crippen LogP) is 2.95. The van der Waals surface area contributed by atoms with Crippen LogP contribution in [-0.4, -0.2) is 30.6 Å². The van der Waals surface area contributed by atoms with Crippen molar-refractivity contribution in [3.63, 3.8) is 0 Å². The average molecular weight is 371 g/mol. The molecule has 0 fully saturated rings. The number of amides is 1. The van der Waals surface area contributed by atoms with Crippen LogP contribution in [0.4, 0.5) is 5.69 Å². The van der Waals surface area contributed by atoms with Gasteiger partial charge in [0.1, 0.15) is 0 Å². The number of esters is 1. The van der Waals surface area contributed by atoms with Crippen LogP contribution in [0.5, 0.6) is 0 Å². The smallest absolute Gasteiger partial charge is 0.310 e. The van der Waals surface area contributed by atoms with Crippen molar-refractivity contribution in [3.8, 4) is 0 Å². The topological polar surface area (TPSA) is 67.4 Å². The molecule has 0 aliphatic rings. The Bertz CT molecular complexity index is 505. The van der Waals surface area contributed by atoms with E-state index in [4.69, 9.17) is 4.74 Å². The van der Waals surface area contributed by atoms with E-state index in [-0.39, 0.29) is 23.8 Å². The first-order valence-electron chi connectivity index (χ1n) is 7.34. The molecule has 1 aromatic rings. The lowest BCUT2D eigenvalue weighted by Gasteiger charge is -2.23. The minimum atomic E-state index is -0.421. The van der Waals surface area contributed by atoms with Crippen LogP contribution in [-0.2, 0) is 14.3 Å². The molecule has 0 aromatic heterocycles. The Morgan fingerprint density at radius 2 is 1.77 bits per heavy atom. The Balaban J connectivity index is 2.52. The van der Waals surface area contributed by atoms with Crippen LogP contribution < -0.4 is 10.6 Å². The fourth-order valence-electron chi connectivity index (χ4n) is 1.88. The van der Waals surface area contributed by atoms with E-state index in [2.05, 4.69) is 26.6 Å². The lowest BCUT2D eigenvalue weighted by molar-refractivity contribution is -0.148. The van der Waals surface area contributed by atoms with E-state index in [0.29, 0.717) is 6.61 Å². The van der Waals surface area contributed by atoms with Crippen molar-refractivity contribution in [1.82, 2.24) is 5.32 Å². The summed E-state index contributed by atoms with van der Waals surface area (Å²) in [7, 11) is 0. The molecular weight excluding hydrogens is 348 g/mol. The molecule has 0 radical (unpaired) electrons. The summed E-state index contributed by atoms with van der Waals surface area (Å²) in [5.74, 6) is -0.726. The van der Waals surface area contributed by atoms with Gasteiger partial charge >= 0.3 is 5.97 Å². The third kappa shape index (κ3) is 5.77. The lowest BCUT2D eigenvalue weighted by atomic mass is 10.0. The molecule has 0 heterocycles. The summed E-state index contributed by atoms with van der Waals surface area (Å²) >= 11 is 3.35. The van der Waals surface area contributed by atoms with Crippen LogP contribution in [0, 0.1) is 5.92 Å². The van der Waals surface area contributed by atoms with E-state index >= 15 is 0 Å². The second kappa shape index (κ2) is 8.90. The Labute approximate surface area is 139 Å². The van der Waals surface area contributed by atoms with E-state index in [9.17, 15) is 9.59 Å². The molecule has 2 N–H and O–H groups in total. The molecule has 1 rings (SSSR count). The van der Waals surface area contributed by atoms with Crippen molar-refractivity contribution in [1.29, 1.82) is 0 Å². The molecule has 6 heteroatoms. The van der Waals surface area contributed by atoms with Crippen molar-refractivity contribution in [2.75, 3.05) is 11.9 Å². The highest BCUT2D eigenvalue weighted by Crippen LogP contribution is 2.14. The van der Waals surface area contributed by atoms with Crippen LogP contribution in [0.15, 0.2) is 28.7 Å². The van der Waals surface area contributed by atoms with Gasteiger partial charge in [-0.2, -0.15) is 0 Å². The number of rotatable bonds is 7. The van der Waals surface area contributed by atoms with Crippen molar-refractivity contribution < 1.29 is 14.3 Å². The zero-order chi connectivity index (χ0) is 16.7. The number of carbonyl (C=O) groups excluding carboxylic acids is 2. The zero-order valence-electron chi connectivity index (χ0n) is 13.4. The van der Waals surface area contributed by atoms with Gasteiger partial charge in [0.15, 0.2) is 0 Å². The standard InChI is InChI=1S/C16H23BrN2O3/c1-5-22-16(21)10(2)11(3)18-12(4)15(20)19-14-8-6-13(17)7-9-14/h6-12,18H,5H2,1-4H3,(H,19,20). The van der Waals surface area contributed by atoms with Crippen LogP contribution in [0.2, 0.25) is 0 Å². The highest BCUT2D eigenvalue weighted by Gasteiger charge is 2.24. The summed E-state index contributed by atoms with van der Waals surface area (Å²) in [6, 6.07) is 6.78. The summed E-state index contributed by atoms with van der Waals surface area (Å²) in [6.45, 7) is 7.55. The molecule has 122 valence electrons. The van der Waals surface area contributed by atoms with Crippen molar-refractivity contribution in [3.05, 3.63) is 28.7 Å². The largest absolute Gasteiger partial charge is 0.466 e. The Hall–Kier alpha value is -1.40. The fraction of sp³-hybridized carbons (Fsp3) is 0.500. The fourth-order valence-corrected chi connectivity index (χ4v) is 2.14. The highest BCUT2D eigenvalue weighted by atomic mass is 79.9. The second-order valence-electron chi connectivity index (χ2n) is 5.21. The van der Waals surface area contributed by atoms with E-state index in [1.807, 2.05) is 31.2 Å². The summed E-state index contributed by atoms with van der Waals surface area (Å²) in [6.07, 6.45) is 0. The van der Waals surface area contributed by atoms with Crippen molar-refractivity contribution in [2.45, 2.75) is 39.8 Å². The lowest BCUT2D eigenvalue weighted by Crippen LogP contribution is -2.47. The molecule has 0 saturated heterocycles. The van der Waals surface area contributed by atoms with Gasteiger partial charge in [0.2, 0.25) is 5.91 Å². The van der Waals surface area contributed by atoms with E-state index in [1.165, 1.54) is 0 Å². The second-order valence-corrected chi connectivity index (χ2v) is 6.13. The Morgan fingerprint density at radius 3 is 2.32 bits per heavy atom. The number of hydrogen-bond donors (Lipinski definition) is 2. The third-order valence-electron chi connectivity index (χ3n) is 3.43. The average Bonchev–Trinajstić information content (AvgIpc) is 2.48. The number of nitrogens with one attached hydrogen (secondary N) is 2. The molecule has 22 heavy (non-hydrogen) atoms. The van der Waals surface area contributed by atoms with Gasteiger partial charge in [-0.3, -0.25) is 9.59 Å². The van der Waals surface area contributed by atoms with Crippen molar-refractivity contribution >= 4 is 33.5 Å². The van der Waals surface area contributed by atoms with Gasteiger partial charge in [-0.05, 0) is 45.0 Å². The molecule has 0 aliphatic heterocycles. The minimum Gasteiger partial charge on any atom is -0.466 e. The third-order valence-corrected chi connectivity index (χ3v) is 3.95. The first-order valence-corrected chi connectivity index (χ1v) is 8.13. The molecule has 1 aromatic carbocycles. The SMILES string of the molecule is CCOC(=O)C(C)C(C)NC(C)C(=O)Nc1ccc(Br)cc1. The van der Waals surface area contributed by atoms with Gasteiger partial charge in [0, 0.05) is 16.2 Å². The number of anilines is 1. The molecule has 0 saturated carbocycles. The number of carbonyl (C=O) groups is 2. The van der Waals surface area contributed by atoms with Gasteiger partial charge in [-0.1, -0.05) is 22.9 Å². The summed E-state index contributed by atoms with van der Waals surface area (Å²) in [5.41, 5.74) is 0.730. The van der Waals surface area contributed by atoms with Gasteiger partial charge in [0.25, 0.3) is 0 Å². The molecular formula is C16H23BrN2O3. The van der Waals surface area contributed by atoms with Gasteiger partial charge in [0.05, 0.1) is 18.6 Å². The van der Waals surface area contributed by atoms with Crippen LogP contribution in [0.3, 0.4) is 0 Å². The Morgan fingerprint density at radius 1 is 1.18 bits per heavy atom. The molecule has 0 bridgehead atoms. The minimum absolute atomic E-state index is 0.148. The van der Waals surface area contributed by atoms with Crippen LogP contribution in [0.25, 0.3) is 0 Å². The maximum absolute atomic E-state index is 12.1. The van der Waals surface area contributed by atoms with E-state index in [0.717, 1.165) is 10.2 Å².